The number of carbonyl (C=O) groups excluding carboxylic acids is 1. The fraction of sp³-hybridized carbons (Fsp3) is 0.611. The van der Waals surface area contributed by atoms with Gasteiger partial charge in [-0.2, -0.15) is 0 Å². The van der Waals surface area contributed by atoms with E-state index in [1.54, 1.807) is 0 Å². The summed E-state index contributed by atoms with van der Waals surface area (Å²) in [6.45, 7) is 9.36. The van der Waals surface area contributed by atoms with E-state index in [1.807, 2.05) is 30.3 Å². The summed E-state index contributed by atoms with van der Waals surface area (Å²) in [4.78, 5) is 22.1. The lowest BCUT2D eigenvalue weighted by Crippen LogP contribution is -2.53. The van der Waals surface area contributed by atoms with Crippen molar-refractivity contribution in [2.24, 2.45) is 0 Å². The Morgan fingerprint density at radius 3 is 2.00 bits per heavy atom. The molecule has 3 saturated heterocycles. The Bertz CT molecular complexity index is 547. The molecule has 1 aromatic rings. The van der Waals surface area contributed by atoms with Crippen LogP contribution in [0.4, 0.5) is 0 Å². The molecule has 0 atom stereocenters. The van der Waals surface area contributed by atoms with Crippen LogP contribution < -0.4 is 0 Å². The standard InChI is InChI=1S/C18H26N4O2/c23-17(24-15-16-4-2-1-3-5-16)14-19-6-8-20-10-12-22-13-11-21(9-7-19)18(20)22/h1-5,18H,6-15H2. The Morgan fingerprint density at radius 1 is 0.875 bits per heavy atom. The van der Waals surface area contributed by atoms with Crippen LogP contribution >= 0.6 is 0 Å². The maximum atomic E-state index is 12.2. The molecular weight excluding hydrogens is 304 g/mol. The lowest BCUT2D eigenvalue weighted by Gasteiger charge is -2.37. The summed E-state index contributed by atoms with van der Waals surface area (Å²) in [6.07, 6.45) is 0.511. The first kappa shape index (κ1) is 16.0. The minimum absolute atomic E-state index is 0.125. The van der Waals surface area contributed by atoms with Gasteiger partial charge in [-0.05, 0) is 5.56 Å². The minimum atomic E-state index is -0.125. The third-order valence-corrected chi connectivity index (χ3v) is 5.33. The number of ether oxygens (including phenoxy) is 1. The van der Waals surface area contributed by atoms with E-state index in [4.69, 9.17) is 4.74 Å². The molecule has 6 nitrogen and oxygen atoms in total. The van der Waals surface area contributed by atoms with Gasteiger partial charge in [-0.15, -0.1) is 0 Å². The highest BCUT2D eigenvalue weighted by Gasteiger charge is 2.41. The SMILES string of the molecule is O=C(CN1CCN2CCN3CCN(CC1)C23)OCc1ccccc1. The number of rotatable bonds is 4. The van der Waals surface area contributed by atoms with Crippen molar-refractivity contribution in [3.63, 3.8) is 0 Å². The van der Waals surface area contributed by atoms with Crippen LogP contribution in [0.25, 0.3) is 0 Å². The van der Waals surface area contributed by atoms with Crippen molar-refractivity contribution in [1.29, 1.82) is 0 Å². The van der Waals surface area contributed by atoms with Crippen molar-refractivity contribution in [2.75, 3.05) is 58.9 Å². The number of hydrogen-bond acceptors (Lipinski definition) is 6. The summed E-state index contributed by atoms with van der Waals surface area (Å²) in [5.41, 5.74) is 1.04. The molecule has 0 aliphatic carbocycles. The summed E-state index contributed by atoms with van der Waals surface area (Å²) >= 11 is 0. The van der Waals surface area contributed by atoms with Gasteiger partial charge in [-0.3, -0.25) is 24.4 Å². The molecule has 6 heteroatoms. The van der Waals surface area contributed by atoms with Gasteiger partial charge in [-0.1, -0.05) is 30.3 Å². The maximum absolute atomic E-state index is 12.2. The summed E-state index contributed by atoms with van der Waals surface area (Å²) in [5.74, 6) is -0.125. The van der Waals surface area contributed by atoms with Crippen LogP contribution in [0.2, 0.25) is 0 Å². The average Bonchev–Trinajstić information content (AvgIpc) is 3.16. The highest BCUT2D eigenvalue weighted by atomic mass is 16.5. The molecule has 0 saturated carbocycles. The van der Waals surface area contributed by atoms with Crippen molar-refractivity contribution < 1.29 is 9.53 Å². The molecule has 1 aromatic carbocycles. The van der Waals surface area contributed by atoms with Gasteiger partial charge in [0.2, 0.25) is 0 Å². The number of benzene rings is 1. The zero-order chi connectivity index (χ0) is 16.4. The van der Waals surface area contributed by atoms with E-state index in [2.05, 4.69) is 19.6 Å². The van der Waals surface area contributed by atoms with Gasteiger partial charge >= 0.3 is 5.97 Å². The lowest BCUT2D eigenvalue weighted by atomic mass is 10.2. The molecule has 3 aliphatic heterocycles. The van der Waals surface area contributed by atoms with Gasteiger partial charge in [0, 0.05) is 52.4 Å². The summed E-state index contributed by atoms with van der Waals surface area (Å²) in [7, 11) is 0. The lowest BCUT2D eigenvalue weighted by molar-refractivity contribution is -0.146. The molecule has 0 aromatic heterocycles. The first-order valence-corrected chi connectivity index (χ1v) is 8.94. The number of esters is 1. The van der Waals surface area contributed by atoms with Gasteiger partial charge in [0.25, 0.3) is 0 Å². The van der Waals surface area contributed by atoms with Gasteiger partial charge in [-0.25, -0.2) is 0 Å². The van der Waals surface area contributed by atoms with Crippen LogP contribution in [0.3, 0.4) is 0 Å². The van der Waals surface area contributed by atoms with Crippen LogP contribution in [0.5, 0.6) is 0 Å². The van der Waals surface area contributed by atoms with Crippen molar-refractivity contribution in [2.45, 2.75) is 12.9 Å². The molecule has 3 heterocycles. The Labute approximate surface area is 143 Å². The fourth-order valence-electron chi connectivity index (χ4n) is 4.01. The van der Waals surface area contributed by atoms with Crippen LogP contribution in [0, 0.1) is 0 Å². The topological polar surface area (TPSA) is 39.3 Å². The number of carbonyl (C=O) groups is 1. The van der Waals surface area contributed by atoms with Gasteiger partial charge in [0.1, 0.15) is 12.9 Å². The predicted octanol–water partition coefficient (Wildman–Crippen LogP) is 0.262. The molecule has 0 N–H and O–H groups in total. The van der Waals surface area contributed by atoms with E-state index in [0.717, 1.165) is 44.8 Å². The zero-order valence-corrected chi connectivity index (χ0v) is 14.1. The van der Waals surface area contributed by atoms with Crippen LogP contribution in [-0.2, 0) is 16.1 Å². The highest BCUT2D eigenvalue weighted by Crippen LogP contribution is 2.24. The van der Waals surface area contributed by atoms with E-state index >= 15 is 0 Å². The van der Waals surface area contributed by atoms with Crippen LogP contribution in [0.1, 0.15) is 5.56 Å². The maximum Gasteiger partial charge on any atom is 0.320 e. The van der Waals surface area contributed by atoms with E-state index < -0.39 is 0 Å². The van der Waals surface area contributed by atoms with Crippen LogP contribution in [0.15, 0.2) is 30.3 Å². The Morgan fingerprint density at radius 2 is 1.42 bits per heavy atom. The van der Waals surface area contributed by atoms with Crippen molar-refractivity contribution >= 4 is 5.97 Å². The van der Waals surface area contributed by atoms with Crippen molar-refractivity contribution in [3.05, 3.63) is 35.9 Å². The quantitative estimate of drug-likeness (QED) is 0.738. The Hall–Kier alpha value is -1.47. The third-order valence-electron chi connectivity index (χ3n) is 5.33. The normalized spacial score (nSPS) is 23.8. The fourth-order valence-corrected chi connectivity index (χ4v) is 4.01. The first-order valence-electron chi connectivity index (χ1n) is 8.94. The summed E-state index contributed by atoms with van der Waals surface area (Å²) in [6, 6.07) is 9.86. The van der Waals surface area contributed by atoms with Gasteiger partial charge < -0.3 is 4.74 Å². The summed E-state index contributed by atoms with van der Waals surface area (Å²) < 4.78 is 5.43. The largest absolute Gasteiger partial charge is 0.460 e. The molecule has 24 heavy (non-hydrogen) atoms. The van der Waals surface area contributed by atoms with Gasteiger partial charge in [0.15, 0.2) is 0 Å². The molecular formula is C18H26N4O2. The van der Waals surface area contributed by atoms with Crippen molar-refractivity contribution in [1.82, 2.24) is 19.6 Å². The Kier molecular flexibility index (Phi) is 4.80. The molecule has 4 rings (SSSR count). The molecule has 3 fully saturated rings. The number of hydrogen-bond donors (Lipinski definition) is 0. The summed E-state index contributed by atoms with van der Waals surface area (Å²) in [5, 5.41) is 0. The predicted molar refractivity (Wildman–Crippen MR) is 91.2 cm³/mol. The monoisotopic (exact) mass is 330 g/mol. The van der Waals surface area contributed by atoms with Crippen molar-refractivity contribution in [3.8, 4) is 0 Å². The molecule has 0 unspecified atom stereocenters. The molecule has 0 radical (unpaired) electrons. The van der Waals surface area contributed by atoms with E-state index in [0.29, 0.717) is 19.4 Å². The molecule has 0 amide bonds. The van der Waals surface area contributed by atoms with E-state index in [9.17, 15) is 4.79 Å². The second-order valence-corrected chi connectivity index (χ2v) is 6.88. The molecule has 3 aliphatic rings. The second-order valence-electron chi connectivity index (χ2n) is 6.88. The van der Waals surface area contributed by atoms with E-state index in [1.165, 1.54) is 13.1 Å². The number of nitrogens with zero attached hydrogens (tertiary/aromatic N) is 4. The zero-order valence-electron chi connectivity index (χ0n) is 14.1. The smallest absolute Gasteiger partial charge is 0.320 e. The molecule has 0 spiro atoms. The molecule has 0 bridgehead atoms. The molecule has 130 valence electrons. The van der Waals surface area contributed by atoms with E-state index in [-0.39, 0.29) is 5.97 Å². The van der Waals surface area contributed by atoms with Crippen LogP contribution in [-0.4, -0.2) is 90.8 Å². The minimum Gasteiger partial charge on any atom is -0.460 e. The highest BCUT2D eigenvalue weighted by molar-refractivity contribution is 5.71. The second kappa shape index (κ2) is 7.19. The third kappa shape index (κ3) is 3.47. The first-order chi connectivity index (χ1) is 11.8. The average molecular weight is 330 g/mol. The Balaban J connectivity index is 1.28. The van der Waals surface area contributed by atoms with Gasteiger partial charge in [0.05, 0.1) is 6.54 Å².